The summed E-state index contributed by atoms with van der Waals surface area (Å²) in [6, 6.07) is 4.01. The van der Waals surface area contributed by atoms with Crippen LogP contribution in [-0.2, 0) is 14.8 Å². The van der Waals surface area contributed by atoms with Crippen LogP contribution in [0.15, 0.2) is 23.1 Å². The van der Waals surface area contributed by atoms with Gasteiger partial charge in [0.25, 0.3) is 0 Å². The first kappa shape index (κ1) is 16.8. The zero-order valence-corrected chi connectivity index (χ0v) is 12.8. The standard InChI is InChI=1S/C13H12F3NO6S/c14-13(15,16)8-5-17(4-7(8)12(18)19)24(20,21)10-3-1-2-9-11(10)23-6-22-9/h1-3,7-8H,4-6H2,(H,18,19)/t7-,8-/m1/s1. The molecular weight excluding hydrogens is 355 g/mol. The molecule has 24 heavy (non-hydrogen) atoms. The van der Waals surface area contributed by atoms with E-state index in [1.165, 1.54) is 18.2 Å². The first-order valence-corrected chi connectivity index (χ1v) is 8.24. The van der Waals surface area contributed by atoms with E-state index in [9.17, 15) is 26.4 Å². The number of halogens is 3. The number of nitrogens with zero attached hydrogens (tertiary/aromatic N) is 1. The van der Waals surface area contributed by atoms with Gasteiger partial charge in [-0.3, -0.25) is 4.79 Å². The Morgan fingerprint density at radius 2 is 1.96 bits per heavy atom. The molecule has 2 aliphatic rings. The lowest BCUT2D eigenvalue weighted by molar-refractivity contribution is -0.187. The van der Waals surface area contributed by atoms with Crippen molar-refractivity contribution >= 4 is 16.0 Å². The highest BCUT2D eigenvalue weighted by atomic mass is 32.2. The summed E-state index contributed by atoms with van der Waals surface area (Å²) in [6.07, 6.45) is -4.81. The maximum atomic E-state index is 13.0. The Kier molecular flexibility index (Phi) is 3.87. The van der Waals surface area contributed by atoms with E-state index >= 15 is 0 Å². The van der Waals surface area contributed by atoms with Gasteiger partial charge >= 0.3 is 12.1 Å². The van der Waals surface area contributed by atoms with Gasteiger partial charge < -0.3 is 14.6 Å². The SMILES string of the molecule is O=C(O)[C@@H]1CN(S(=O)(=O)c2cccc3c2OCO3)C[C@H]1C(F)(F)F. The fourth-order valence-corrected chi connectivity index (χ4v) is 4.43. The smallest absolute Gasteiger partial charge is 0.393 e. The molecule has 2 heterocycles. The molecule has 1 saturated heterocycles. The van der Waals surface area contributed by atoms with Gasteiger partial charge in [-0.2, -0.15) is 17.5 Å². The maximum Gasteiger partial charge on any atom is 0.393 e. The van der Waals surface area contributed by atoms with Gasteiger partial charge in [-0.05, 0) is 12.1 Å². The first-order valence-electron chi connectivity index (χ1n) is 6.80. The third kappa shape index (κ3) is 2.67. The predicted molar refractivity (Wildman–Crippen MR) is 72.0 cm³/mol. The molecule has 1 N–H and O–H groups in total. The Bertz CT molecular complexity index is 778. The molecule has 1 aromatic carbocycles. The zero-order valence-electron chi connectivity index (χ0n) is 12.0. The van der Waals surface area contributed by atoms with Crippen molar-refractivity contribution in [3.63, 3.8) is 0 Å². The van der Waals surface area contributed by atoms with Crippen molar-refractivity contribution < 1.29 is 41.0 Å². The molecule has 132 valence electrons. The third-order valence-electron chi connectivity index (χ3n) is 4.00. The van der Waals surface area contributed by atoms with Gasteiger partial charge in [0, 0.05) is 13.1 Å². The largest absolute Gasteiger partial charge is 0.481 e. The van der Waals surface area contributed by atoms with E-state index in [1.54, 1.807) is 0 Å². The molecule has 1 aromatic rings. The van der Waals surface area contributed by atoms with Crippen LogP contribution in [0.25, 0.3) is 0 Å². The van der Waals surface area contributed by atoms with Crippen molar-refractivity contribution in [3.05, 3.63) is 18.2 Å². The monoisotopic (exact) mass is 367 g/mol. The molecule has 2 atom stereocenters. The summed E-state index contributed by atoms with van der Waals surface area (Å²) in [4.78, 5) is 10.7. The van der Waals surface area contributed by atoms with Gasteiger partial charge in [-0.1, -0.05) is 6.07 Å². The quantitative estimate of drug-likeness (QED) is 0.866. The number of hydrogen-bond acceptors (Lipinski definition) is 5. The molecule has 0 aliphatic carbocycles. The highest BCUT2D eigenvalue weighted by Gasteiger charge is 2.55. The van der Waals surface area contributed by atoms with Crippen molar-refractivity contribution in [2.24, 2.45) is 11.8 Å². The molecule has 11 heteroatoms. The van der Waals surface area contributed by atoms with E-state index in [2.05, 4.69) is 0 Å². The zero-order chi connectivity index (χ0) is 17.7. The van der Waals surface area contributed by atoms with Crippen LogP contribution < -0.4 is 9.47 Å². The van der Waals surface area contributed by atoms with Gasteiger partial charge in [0.1, 0.15) is 4.90 Å². The number of carbonyl (C=O) groups is 1. The minimum absolute atomic E-state index is 0.0835. The number of carboxylic acids is 1. The lowest BCUT2D eigenvalue weighted by Crippen LogP contribution is -2.34. The number of fused-ring (bicyclic) bond motifs is 1. The van der Waals surface area contributed by atoms with Crippen LogP contribution in [0.2, 0.25) is 0 Å². The molecular formula is C13H12F3NO6S. The molecule has 0 radical (unpaired) electrons. The van der Waals surface area contributed by atoms with Gasteiger partial charge in [-0.15, -0.1) is 0 Å². The molecule has 0 saturated carbocycles. The molecule has 7 nitrogen and oxygen atoms in total. The Balaban J connectivity index is 1.97. The number of hydrogen-bond donors (Lipinski definition) is 1. The second-order valence-electron chi connectivity index (χ2n) is 5.40. The average molecular weight is 367 g/mol. The Morgan fingerprint density at radius 3 is 2.54 bits per heavy atom. The van der Waals surface area contributed by atoms with Crippen LogP contribution in [0.3, 0.4) is 0 Å². The first-order chi connectivity index (χ1) is 11.1. The van der Waals surface area contributed by atoms with Crippen molar-refractivity contribution in [1.82, 2.24) is 4.31 Å². The van der Waals surface area contributed by atoms with Crippen LogP contribution in [0.5, 0.6) is 11.5 Å². The molecule has 3 rings (SSSR count). The summed E-state index contributed by atoms with van der Waals surface area (Å²) in [5.41, 5.74) is 0. The van der Waals surface area contributed by atoms with Gasteiger partial charge in [0.2, 0.25) is 16.8 Å². The van der Waals surface area contributed by atoms with Crippen molar-refractivity contribution in [3.8, 4) is 11.5 Å². The van der Waals surface area contributed by atoms with Gasteiger partial charge in [0.15, 0.2) is 11.5 Å². The summed E-state index contributed by atoms with van der Waals surface area (Å²) in [6.45, 7) is -1.91. The Labute approximate surface area is 134 Å². The van der Waals surface area contributed by atoms with E-state index in [1.807, 2.05) is 0 Å². The van der Waals surface area contributed by atoms with E-state index in [0.717, 1.165) is 0 Å². The van der Waals surface area contributed by atoms with Crippen molar-refractivity contribution in [2.45, 2.75) is 11.1 Å². The number of rotatable bonds is 3. The normalized spacial score (nSPS) is 24.3. The Morgan fingerprint density at radius 1 is 1.25 bits per heavy atom. The fourth-order valence-electron chi connectivity index (χ4n) is 2.79. The van der Waals surface area contributed by atoms with Crippen molar-refractivity contribution in [2.75, 3.05) is 19.9 Å². The number of benzene rings is 1. The molecule has 1 fully saturated rings. The average Bonchev–Trinajstić information content (AvgIpc) is 3.13. The second kappa shape index (κ2) is 5.52. The summed E-state index contributed by atoms with van der Waals surface area (Å²) >= 11 is 0. The van der Waals surface area contributed by atoms with Crippen LogP contribution in [0.4, 0.5) is 13.2 Å². The molecule has 0 unspecified atom stereocenters. The van der Waals surface area contributed by atoms with E-state index in [-0.39, 0.29) is 23.2 Å². The minimum atomic E-state index is -4.81. The molecule has 0 aromatic heterocycles. The second-order valence-corrected chi connectivity index (χ2v) is 7.31. The summed E-state index contributed by atoms with van der Waals surface area (Å²) in [5, 5.41) is 8.99. The number of para-hydroxylation sites is 1. The number of ether oxygens (including phenoxy) is 2. The lowest BCUT2D eigenvalue weighted by atomic mass is 9.96. The van der Waals surface area contributed by atoms with Crippen LogP contribution in [0, 0.1) is 11.8 Å². The van der Waals surface area contributed by atoms with Gasteiger partial charge in [0.05, 0.1) is 11.8 Å². The lowest BCUT2D eigenvalue weighted by Gasteiger charge is -2.18. The molecule has 0 bridgehead atoms. The fraction of sp³-hybridized carbons (Fsp3) is 0.462. The molecule has 2 aliphatic heterocycles. The summed E-state index contributed by atoms with van der Waals surface area (Å²) < 4.78 is 75.1. The maximum absolute atomic E-state index is 13.0. The van der Waals surface area contributed by atoms with E-state index in [4.69, 9.17) is 14.6 Å². The van der Waals surface area contributed by atoms with Crippen LogP contribution >= 0.6 is 0 Å². The number of carboxylic acid groups (broad SMARTS) is 1. The van der Waals surface area contributed by atoms with E-state index < -0.39 is 47.1 Å². The molecule has 0 spiro atoms. The van der Waals surface area contributed by atoms with Crippen LogP contribution in [-0.4, -0.2) is 49.9 Å². The summed E-state index contributed by atoms with van der Waals surface area (Å²) in [5.74, 6) is -5.72. The highest BCUT2D eigenvalue weighted by molar-refractivity contribution is 7.89. The minimum Gasteiger partial charge on any atom is -0.481 e. The third-order valence-corrected chi connectivity index (χ3v) is 5.86. The molecule has 0 amide bonds. The Hall–Kier alpha value is -2.01. The number of alkyl halides is 3. The number of sulfonamides is 1. The van der Waals surface area contributed by atoms with Crippen LogP contribution in [0.1, 0.15) is 0 Å². The van der Waals surface area contributed by atoms with E-state index in [0.29, 0.717) is 4.31 Å². The highest BCUT2D eigenvalue weighted by Crippen LogP contribution is 2.43. The van der Waals surface area contributed by atoms with Crippen molar-refractivity contribution in [1.29, 1.82) is 0 Å². The number of aliphatic carboxylic acids is 1. The summed E-state index contributed by atoms with van der Waals surface area (Å²) in [7, 11) is -4.36. The topological polar surface area (TPSA) is 93.1 Å². The predicted octanol–water partition coefficient (Wildman–Crippen LogP) is 1.30. The van der Waals surface area contributed by atoms with Gasteiger partial charge in [-0.25, -0.2) is 8.42 Å².